The third-order valence-corrected chi connectivity index (χ3v) is 4.59. The fraction of sp³-hybridized carbons (Fsp3) is 0.455. The van der Waals surface area contributed by atoms with E-state index in [4.69, 9.17) is 15.9 Å². The molecule has 158 valence electrons. The maximum atomic E-state index is 9.17. The molecule has 1 aliphatic rings. The van der Waals surface area contributed by atoms with Crippen LogP contribution in [0.2, 0.25) is 0 Å². The van der Waals surface area contributed by atoms with Gasteiger partial charge in [0.05, 0.1) is 42.6 Å². The predicted octanol–water partition coefficient (Wildman–Crippen LogP) is 2.91. The summed E-state index contributed by atoms with van der Waals surface area (Å²) >= 11 is 0. The Kier molecular flexibility index (Phi) is 9.40. The Hall–Kier alpha value is -2.64. The number of unbranched alkanes of at least 4 members (excludes halogenated alkanes) is 3. The van der Waals surface area contributed by atoms with Gasteiger partial charge in [-0.15, -0.1) is 0 Å². The lowest BCUT2D eigenvalue weighted by molar-refractivity contribution is 0.223. The number of hydrogen-bond donors (Lipinski definition) is 4. The Bertz CT molecular complexity index is 748. The Labute approximate surface area is 172 Å². The fourth-order valence-corrected chi connectivity index (χ4v) is 3.00. The number of aliphatic hydroxyl groups is 2. The molecular weight excluding hydrogens is 368 g/mol. The van der Waals surface area contributed by atoms with Crippen molar-refractivity contribution in [2.45, 2.75) is 32.6 Å². The number of aliphatic hydroxyl groups excluding tert-OH is 2. The molecule has 0 amide bonds. The molecule has 1 aliphatic carbocycles. The molecular formula is C22H32N4O3. The predicted molar refractivity (Wildman–Crippen MR) is 118 cm³/mol. The molecule has 0 aromatic heterocycles. The molecule has 0 spiro atoms. The van der Waals surface area contributed by atoms with Crippen LogP contribution in [0.25, 0.3) is 0 Å². The van der Waals surface area contributed by atoms with Crippen LogP contribution < -0.4 is 10.6 Å². The molecule has 0 heterocycles. The number of nitrogens with zero attached hydrogens (tertiary/aromatic N) is 2. The normalized spacial score (nSPS) is 15.3. The maximum Gasteiger partial charge on any atom is 0.146 e. The molecule has 0 fully saturated rings. The number of hydrogen-bond acceptors (Lipinski definition) is 7. The van der Waals surface area contributed by atoms with Crippen LogP contribution in [0.15, 0.2) is 52.9 Å². The minimum Gasteiger partial charge on any atom is -0.491 e. The van der Waals surface area contributed by atoms with Crippen LogP contribution in [0, 0.1) is 5.41 Å². The lowest BCUT2D eigenvalue weighted by Crippen LogP contribution is -2.29. The first-order valence-electron chi connectivity index (χ1n) is 10.2. The van der Waals surface area contributed by atoms with E-state index < -0.39 is 0 Å². The molecule has 0 unspecified atom stereocenters. The van der Waals surface area contributed by atoms with Gasteiger partial charge in [-0.25, -0.2) is 4.99 Å². The average Bonchev–Trinajstić information content (AvgIpc) is 2.71. The Morgan fingerprint density at radius 3 is 2.34 bits per heavy atom. The first-order chi connectivity index (χ1) is 14.1. The minimum atomic E-state index is 0.0172. The Balaban J connectivity index is 2.10. The van der Waals surface area contributed by atoms with E-state index in [9.17, 15) is 10.2 Å². The number of rotatable bonds is 12. The van der Waals surface area contributed by atoms with Crippen LogP contribution in [0.4, 0.5) is 11.4 Å². The number of allylic oxidation sites excluding steroid dienone is 2. The van der Waals surface area contributed by atoms with E-state index in [-0.39, 0.29) is 18.9 Å². The Morgan fingerprint density at radius 2 is 1.72 bits per heavy atom. The number of aliphatic imine (C=N–C) groups is 1. The van der Waals surface area contributed by atoms with Gasteiger partial charge in [0.2, 0.25) is 0 Å². The smallest absolute Gasteiger partial charge is 0.146 e. The van der Waals surface area contributed by atoms with E-state index in [1.165, 1.54) is 12.8 Å². The summed E-state index contributed by atoms with van der Waals surface area (Å²) in [5.41, 5.74) is 8.94. The second-order valence-electron chi connectivity index (χ2n) is 6.88. The van der Waals surface area contributed by atoms with Crippen LogP contribution in [0.5, 0.6) is 0 Å². The highest BCUT2D eigenvalue weighted by Gasteiger charge is 2.16. The zero-order valence-corrected chi connectivity index (χ0v) is 17.1. The van der Waals surface area contributed by atoms with Crippen molar-refractivity contribution in [1.82, 2.24) is 0 Å². The van der Waals surface area contributed by atoms with Gasteiger partial charge in [0.1, 0.15) is 5.76 Å². The summed E-state index contributed by atoms with van der Waals surface area (Å²) in [5, 5.41) is 26.4. The van der Waals surface area contributed by atoms with Gasteiger partial charge in [0.25, 0.3) is 0 Å². The number of benzene rings is 1. The molecule has 0 bridgehead atoms. The van der Waals surface area contributed by atoms with Crippen LogP contribution in [-0.4, -0.2) is 54.5 Å². The number of ether oxygens (including phenoxy) is 1. The van der Waals surface area contributed by atoms with E-state index in [1.54, 1.807) is 12.2 Å². The quantitative estimate of drug-likeness (QED) is 0.318. The van der Waals surface area contributed by atoms with E-state index in [0.29, 0.717) is 36.9 Å². The summed E-state index contributed by atoms with van der Waals surface area (Å²) in [6, 6.07) is 7.50. The maximum absolute atomic E-state index is 9.17. The van der Waals surface area contributed by atoms with Gasteiger partial charge in [0.15, 0.2) is 0 Å². The summed E-state index contributed by atoms with van der Waals surface area (Å²) in [5.74, 6) is 0.489. The first-order valence-corrected chi connectivity index (χ1v) is 10.2. The largest absolute Gasteiger partial charge is 0.491 e. The summed E-state index contributed by atoms with van der Waals surface area (Å²) < 4.78 is 5.76. The molecule has 5 N–H and O–H groups in total. The minimum absolute atomic E-state index is 0.0172. The van der Waals surface area contributed by atoms with Gasteiger partial charge in [-0.3, -0.25) is 5.41 Å². The van der Waals surface area contributed by atoms with Crippen molar-refractivity contribution >= 4 is 22.8 Å². The molecule has 1 aromatic carbocycles. The number of nitrogens with one attached hydrogen (secondary N) is 1. The second-order valence-corrected chi connectivity index (χ2v) is 6.88. The van der Waals surface area contributed by atoms with Crippen LogP contribution in [0.3, 0.4) is 0 Å². The van der Waals surface area contributed by atoms with Gasteiger partial charge in [-0.1, -0.05) is 26.2 Å². The van der Waals surface area contributed by atoms with Crippen molar-refractivity contribution in [3.63, 3.8) is 0 Å². The van der Waals surface area contributed by atoms with Gasteiger partial charge in [-0.2, -0.15) is 0 Å². The molecule has 0 radical (unpaired) electrons. The van der Waals surface area contributed by atoms with Crippen molar-refractivity contribution in [3.8, 4) is 0 Å². The van der Waals surface area contributed by atoms with Crippen molar-refractivity contribution in [3.05, 3.63) is 47.9 Å². The molecule has 0 aliphatic heterocycles. The van der Waals surface area contributed by atoms with Gasteiger partial charge < -0.3 is 25.6 Å². The summed E-state index contributed by atoms with van der Waals surface area (Å²) in [6.07, 6.45) is 7.72. The average molecular weight is 401 g/mol. The van der Waals surface area contributed by atoms with Crippen molar-refractivity contribution in [1.29, 1.82) is 5.41 Å². The summed E-state index contributed by atoms with van der Waals surface area (Å²) in [4.78, 5) is 6.49. The van der Waals surface area contributed by atoms with Crippen LogP contribution in [-0.2, 0) is 4.74 Å². The molecule has 7 nitrogen and oxygen atoms in total. The number of nitrogens with two attached hydrogens (primary N) is 1. The third kappa shape index (κ3) is 7.03. The van der Waals surface area contributed by atoms with Crippen molar-refractivity contribution < 1.29 is 14.9 Å². The fourth-order valence-electron chi connectivity index (χ4n) is 3.00. The van der Waals surface area contributed by atoms with Crippen LogP contribution >= 0.6 is 0 Å². The Morgan fingerprint density at radius 1 is 1.03 bits per heavy atom. The second kappa shape index (κ2) is 12.0. The van der Waals surface area contributed by atoms with E-state index in [2.05, 4.69) is 11.9 Å². The molecule has 29 heavy (non-hydrogen) atoms. The summed E-state index contributed by atoms with van der Waals surface area (Å²) in [6.45, 7) is 3.68. The standard InChI is InChI=1S/C22H32N4O3/c1-2-3-4-5-14-29-22-16-21(19(23)15-20(22)24)25-17-6-8-18(9-7-17)26(10-12-27)11-13-28/h6-9,15-16,24,27-28H,2-5,10-14,23H2,1H3/b24-20?,25-21-. The highest BCUT2D eigenvalue weighted by atomic mass is 16.5. The highest BCUT2D eigenvalue weighted by molar-refractivity contribution is 6.22. The van der Waals surface area contributed by atoms with Crippen LogP contribution in [0.1, 0.15) is 32.6 Å². The van der Waals surface area contributed by atoms with Crippen molar-refractivity contribution in [2.24, 2.45) is 10.7 Å². The van der Waals surface area contributed by atoms with E-state index >= 15 is 0 Å². The first kappa shape index (κ1) is 22.6. The molecule has 7 heteroatoms. The summed E-state index contributed by atoms with van der Waals surface area (Å²) in [7, 11) is 0. The van der Waals surface area contributed by atoms with E-state index in [0.717, 1.165) is 24.2 Å². The SMILES string of the molecule is CCCCCCOC1=C/C(=N/c2ccc(N(CCO)CCO)cc2)C(N)=CC1=N. The molecule has 1 aromatic rings. The van der Waals surface area contributed by atoms with Gasteiger partial charge in [-0.05, 0) is 36.8 Å². The topological polar surface area (TPSA) is 115 Å². The monoisotopic (exact) mass is 400 g/mol. The number of anilines is 1. The van der Waals surface area contributed by atoms with Crippen molar-refractivity contribution in [2.75, 3.05) is 37.8 Å². The molecule has 0 saturated heterocycles. The van der Waals surface area contributed by atoms with Gasteiger partial charge in [0, 0.05) is 24.9 Å². The zero-order chi connectivity index (χ0) is 21.1. The lowest BCUT2D eigenvalue weighted by Gasteiger charge is -2.22. The van der Waals surface area contributed by atoms with E-state index in [1.807, 2.05) is 29.2 Å². The molecule has 0 saturated carbocycles. The third-order valence-electron chi connectivity index (χ3n) is 4.59. The van der Waals surface area contributed by atoms with Gasteiger partial charge >= 0.3 is 0 Å². The zero-order valence-electron chi connectivity index (χ0n) is 17.1. The highest BCUT2D eigenvalue weighted by Crippen LogP contribution is 2.22. The lowest BCUT2D eigenvalue weighted by atomic mass is 10.1. The molecule has 0 atom stereocenters. The molecule has 2 rings (SSSR count).